The average Bonchev–Trinajstić information content (AvgIpc) is 2.72. The summed E-state index contributed by atoms with van der Waals surface area (Å²) in [5.74, 6) is 2.91. The fourth-order valence-electron chi connectivity index (χ4n) is 2.94. The lowest BCUT2D eigenvalue weighted by molar-refractivity contribution is 0.350. The van der Waals surface area contributed by atoms with Crippen molar-refractivity contribution in [2.24, 2.45) is 0 Å². The first-order valence-electron chi connectivity index (χ1n) is 8.86. The quantitative estimate of drug-likeness (QED) is 0.598. The lowest BCUT2D eigenvalue weighted by Gasteiger charge is -2.22. The Morgan fingerprint density at radius 1 is 0.926 bits per heavy atom. The van der Waals surface area contributed by atoms with E-state index in [-0.39, 0.29) is 6.04 Å². The Hall–Kier alpha value is -3.28. The number of rotatable bonds is 8. The number of benzene rings is 2. The van der Waals surface area contributed by atoms with Gasteiger partial charge in [-0.15, -0.1) is 0 Å². The summed E-state index contributed by atoms with van der Waals surface area (Å²) in [5, 5.41) is 6.75. The molecular weight excluding hydrogens is 340 g/mol. The van der Waals surface area contributed by atoms with Crippen LogP contribution >= 0.6 is 0 Å². The van der Waals surface area contributed by atoms with Gasteiger partial charge in [0.1, 0.15) is 18.0 Å². The first kappa shape index (κ1) is 18.5. The number of methoxy groups -OCH3 is 2. The van der Waals surface area contributed by atoms with Gasteiger partial charge >= 0.3 is 0 Å². The Labute approximate surface area is 159 Å². The molecule has 140 valence electrons. The summed E-state index contributed by atoms with van der Waals surface area (Å²) in [6, 6.07) is 17.7. The van der Waals surface area contributed by atoms with Gasteiger partial charge in [0, 0.05) is 17.3 Å². The zero-order chi connectivity index (χ0) is 19.1. The van der Waals surface area contributed by atoms with E-state index in [4.69, 9.17) is 9.47 Å². The molecule has 2 aromatic carbocycles. The van der Waals surface area contributed by atoms with Crippen molar-refractivity contribution in [3.8, 4) is 11.5 Å². The highest BCUT2D eigenvalue weighted by Gasteiger charge is 2.18. The zero-order valence-corrected chi connectivity index (χ0v) is 15.8. The number of anilines is 3. The van der Waals surface area contributed by atoms with Gasteiger partial charge in [-0.2, -0.15) is 0 Å². The molecule has 1 heterocycles. The Morgan fingerprint density at radius 2 is 1.70 bits per heavy atom. The maximum Gasteiger partial charge on any atom is 0.165 e. The van der Waals surface area contributed by atoms with Crippen LogP contribution in [0.25, 0.3) is 0 Å². The molecule has 0 amide bonds. The SMILES string of the molecule is CCC(Nc1cc(Nc2ccccc2)ncn1)c1cccc(OC)c1OC. The molecule has 3 rings (SSSR count). The Bertz CT molecular complexity index is 871. The van der Waals surface area contributed by atoms with Gasteiger partial charge in [0.2, 0.25) is 0 Å². The summed E-state index contributed by atoms with van der Waals surface area (Å²) in [7, 11) is 3.29. The number of hydrogen-bond acceptors (Lipinski definition) is 6. The molecule has 2 N–H and O–H groups in total. The minimum atomic E-state index is 0.0227. The third-order valence-corrected chi connectivity index (χ3v) is 4.25. The number of nitrogens with one attached hydrogen (secondary N) is 2. The molecule has 0 spiro atoms. The van der Waals surface area contributed by atoms with Gasteiger partial charge in [-0.3, -0.25) is 0 Å². The number of aromatic nitrogens is 2. The van der Waals surface area contributed by atoms with Gasteiger partial charge < -0.3 is 20.1 Å². The molecule has 0 aliphatic heterocycles. The van der Waals surface area contributed by atoms with Crippen molar-refractivity contribution in [1.82, 2.24) is 9.97 Å². The second kappa shape index (κ2) is 8.89. The minimum absolute atomic E-state index is 0.0227. The van der Waals surface area contributed by atoms with Crippen LogP contribution in [0.4, 0.5) is 17.3 Å². The summed E-state index contributed by atoms with van der Waals surface area (Å²) < 4.78 is 11.0. The molecule has 6 heteroatoms. The highest BCUT2D eigenvalue weighted by atomic mass is 16.5. The number of hydrogen-bond donors (Lipinski definition) is 2. The Balaban J connectivity index is 1.82. The molecule has 1 aromatic heterocycles. The summed E-state index contributed by atoms with van der Waals surface area (Å²) in [5.41, 5.74) is 2.00. The smallest absolute Gasteiger partial charge is 0.165 e. The molecule has 0 saturated heterocycles. The van der Waals surface area contributed by atoms with Gasteiger partial charge in [0.25, 0.3) is 0 Å². The van der Waals surface area contributed by atoms with Crippen LogP contribution < -0.4 is 20.1 Å². The van der Waals surface area contributed by atoms with Crippen LogP contribution in [-0.2, 0) is 0 Å². The van der Waals surface area contributed by atoms with Crippen LogP contribution in [0.5, 0.6) is 11.5 Å². The van der Waals surface area contributed by atoms with E-state index in [1.807, 2.05) is 54.6 Å². The number of para-hydroxylation sites is 2. The van der Waals surface area contributed by atoms with Gasteiger partial charge in [-0.25, -0.2) is 9.97 Å². The third kappa shape index (κ3) is 4.47. The normalized spacial score (nSPS) is 11.5. The molecular formula is C21H24N4O2. The summed E-state index contributed by atoms with van der Waals surface area (Å²) in [6.07, 6.45) is 2.40. The van der Waals surface area contributed by atoms with Crippen molar-refractivity contribution in [2.45, 2.75) is 19.4 Å². The van der Waals surface area contributed by atoms with Crippen LogP contribution in [0.15, 0.2) is 60.9 Å². The largest absolute Gasteiger partial charge is 0.493 e. The fourth-order valence-corrected chi connectivity index (χ4v) is 2.94. The molecule has 0 fully saturated rings. The summed E-state index contributed by atoms with van der Waals surface area (Å²) in [6.45, 7) is 2.11. The second-order valence-corrected chi connectivity index (χ2v) is 5.97. The topological polar surface area (TPSA) is 68.3 Å². The molecule has 0 aliphatic carbocycles. The predicted octanol–water partition coefficient (Wildman–Crippen LogP) is 4.80. The van der Waals surface area contributed by atoms with Crippen LogP contribution in [-0.4, -0.2) is 24.2 Å². The van der Waals surface area contributed by atoms with Crippen molar-refractivity contribution >= 4 is 17.3 Å². The number of ether oxygens (including phenoxy) is 2. The van der Waals surface area contributed by atoms with Gasteiger partial charge in [0.15, 0.2) is 11.5 Å². The molecule has 1 unspecified atom stereocenters. The van der Waals surface area contributed by atoms with Crippen molar-refractivity contribution in [3.63, 3.8) is 0 Å². The standard InChI is InChI=1S/C21H24N4O2/c1-4-17(16-11-8-12-18(26-2)21(16)27-3)25-20-13-19(22-14-23-20)24-15-9-6-5-7-10-15/h5-14,17H,4H2,1-3H3,(H2,22,23,24,25). The van der Waals surface area contributed by atoms with Gasteiger partial charge in [-0.05, 0) is 24.6 Å². The molecule has 3 aromatic rings. The highest BCUT2D eigenvalue weighted by Crippen LogP contribution is 2.37. The van der Waals surface area contributed by atoms with E-state index in [1.165, 1.54) is 0 Å². The van der Waals surface area contributed by atoms with Crippen LogP contribution in [0.2, 0.25) is 0 Å². The van der Waals surface area contributed by atoms with Crippen molar-refractivity contribution in [3.05, 3.63) is 66.5 Å². The number of nitrogens with zero attached hydrogens (tertiary/aromatic N) is 2. The highest BCUT2D eigenvalue weighted by molar-refractivity contribution is 5.59. The molecule has 27 heavy (non-hydrogen) atoms. The Kier molecular flexibility index (Phi) is 6.10. The van der Waals surface area contributed by atoms with E-state index in [0.717, 1.165) is 35.1 Å². The van der Waals surface area contributed by atoms with Crippen molar-refractivity contribution < 1.29 is 9.47 Å². The molecule has 0 radical (unpaired) electrons. The van der Waals surface area contributed by atoms with Crippen LogP contribution in [0, 0.1) is 0 Å². The third-order valence-electron chi connectivity index (χ3n) is 4.25. The molecule has 0 saturated carbocycles. The van der Waals surface area contributed by atoms with Crippen molar-refractivity contribution in [1.29, 1.82) is 0 Å². The van der Waals surface area contributed by atoms with E-state index in [1.54, 1.807) is 20.5 Å². The lowest BCUT2D eigenvalue weighted by atomic mass is 10.0. The van der Waals surface area contributed by atoms with E-state index in [0.29, 0.717) is 5.75 Å². The summed E-state index contributed by atoms with van der Waals surface area (Å²) >= 11 is 0. The monoisotopic (exact) mass is 364 g/mol. The maximum atomic E-state index is 5.58. The second-order valence-electron chi connectivity index (χ2n) is 5.97. The van der Waals surface area contributed by atoms with E-state index >= 15 is 0 Å². The van der Waals surface area contributed by atoms with Gasteiger partial charge in [-0.1, -0.05) is 37.3 Å². The zero-order valence-electron chi connectivity index (χ0n) is 15.8. The van der Waals surface area contributed by atoms with Crippen molar-refractivity contribution in [2.75, 3.05) is 24.9 Å². The Morgan fingerprint density at radius 3 is 2.41 bits per heavy atom. The van der Waals surface area contributed by atoms with E-state index < -0.39 is 0 Å². The predicted molar refractivity (Wildman–Crippen MR) is 108 cm³/mol. The maximum absolute atomic E-state index is 5.58. The van der Waals surface area contributed by atoms with E-state index in [9.17, 15) is 0 Å². The minimum Gasteiger partial charge on any atom is -0.493 e. The molecule has 0 bridgehead atoms. The molecule has 0 aliphatic rings. The average molecular weight is 364 g/mol. The fraction of sp³-hybridized carbons (Fsp3) is 0.238. The first-order chi connectivity index (χ1) is 13.2. The van der Waals surface area contributed by atoms with E-state index in [2.05, 4.69) is 27.5 Å². The molecule has 1 atom stereocenters. The molecule has 6 nitrogen and oxygen atoms in total. The first-order valence-corrected chi connectivity index (χ1v) is 8.86. The van der Waals surface area contributed by atoms with Gasteiger partial charge in [0.05, 0.1) is 20.3 Å². The van der Waals surface area contributed by atoms with Crippen LogP contribution in [0.3, 0.4) is 0 Å². The lowest BCUT2D eigenvalue weighted by Crippen LogP contribution is -2.13. The summed E-state index contributed by atoms with van der Waals surface area (Å²) in [4.78, 5) is 8.65. The van der Waals surface area contributed by atoms with Crippen LogP contribution in [0.1, 0.15) is 24.9 Å².